The Morgan fingerprint density at radius 3 is 2.30 bits per heavy atom. The van der Waals surface area contributed by atoms with Crippen LogP contribution in [0.4, 0.5) is 18.0 Å². The van der Waals surface area contributed by atoms with E-state index < -0.39 is 40.3 Å². The summed E-state index contributed by atoms with van der Waals surface area (Å²) in [6, 6.07) is 20.0. The molecule has 4 aromatic carbocycles. The third-order valence-corrected chi connectivity index (χ3v) is 10.1. The summed E-state index contributed by atoms with van der Waals surface area (Å²) in [6.07, 6.45) is 5.00. The van der Waals surface area contributed by atoms with Crippen LogP contribution in [-0.4, -0.2) is 45.9 Å². The number of nitrogens with one attached hydrogen (secondary N) is 1. The first-order valence-electron chi connectivity index (χ1n) is 18.2. The van der Waals surface area contributed by atoms with Gasteiger partial charge in [0, 0.05) is 31.2 Å². The van der Waals surface area contributed by atoms with E-state index in [0.29, 0.717) is 30.5 Å². The topological polar surface area (TPSA) is 94.9 Å². The molecule has 9 nitrogen and oxygen atoms in total. The smallest absolute Gasteiger partial charge is 0.410 e. The molecule has 0 radical (unpaired) electrons. The number of carbonyl (C=O) groups is 2. The molecule has 1 fully saturated rings. The fraction of sp³-hybridized carbons (Fsp3) is 0.357. The van der Waals surface area contributed by atoms with E-state index in [4.69, 9.17) is 19.3 Å². The van der Waals surface area contributed by atoms with Crippen molar-refractivity contribution in [2.24, 2.45) is 5.92 Å². The van der Waals surface area contributed by atoms with Crippen LogP contribution in [0.1, 0.15) is 79.5 Å². The van der Waals surface area contributed by atoms with Gasteiger partial charge < -0.3 is 19.5 Å². The van der Waals surface area contributed by atoms with Crippen molar-refractivity contribution in [1.29, 1.82) is 0 Å². The number of fused-ring (bicyclic) bond motifs is 2. The molecule has 7 rings (SSSR count). The average molecular weight is 741 g/mol. The minimum Gasteiger partial charge on any atom is -0.497 e. The van der Waals surface area contributed by atoms with Crippen molar-refractivity contribution < 1.29 is 37.0 Å². The predicted octanol–water partition coefficient (Wildman–Crippen LogP) is 9.12. The minimum atomic E-state index is -1.55. The summed E-state index contributed by atoms with van der Waals surface area (Å²) in [5, 5.41) is 8.62. The van der Waals surface area contributed by atoms with Crippen LogP contribution < -0.4 is 14.8 Å². The molecule has 0 spiro atoms. The molecule has 54 heavy (non-hydrogen) atoms. The first-order chi connectivity index (χ1) is 25.8. The molecule has 5 aromatic rings. The number of nitrogens with zero attached hydrogens (tertiary/aromatic N) is 3. The van der Waals surface area contributed by atoms with Gasteiger partial charge in [-0.1, -0.05) is 36.4 Å². The number of rotatable bonds is 9. The van der Waals surface area contributed by atoms with E-state index in [1.807, 2.05) is 25.5 Å². The van der Waals surface area contributed by atoms with Crippen LogP contribution in [0.3, 0.4) is 0 Å². The number of halogens is 3. The summed E-state index contributed by atoms with van der Waals surface area (Å²) in [5.41, 5.74) is 4.54. The third-order valence-electron chi connectivity index (χ3n) is 10.1. The zero-order valence-corrected chi connectivity index (χ0v) is 30.8. The predicted molar refractivity (Wildman–Crippen MR) is 198 cm³/mol. The second-order valence-electron chi connectivity index (χ2n) is 15.1. The van der Waals surface area contributed by atoms with Gasteiger partial charge in [0.2, 0.25) is 5.82 Å². The van der Waals surface area contributed by atoms with E-state index in [1.54, 1.807) is 29.2 Å². The molecule has 1 saturated carbocycles. The van der Waals surface area contributed by atoms with Gasteiger partial charge in [0.05, 0.1) is 24.2 Å². The van der Waals surface area contributed by atoms with Crippen molar-refractivity contribution in [2.75, 3.05) is 13.7 Å². The highest BCUT2D eigenvalue weighted by atomic mass is 19.2. The highest BCUT2D eigenvalue weighted by Gasteiger charge is 2.29. The van der Waals surface area contributed by atoms with E-state index in [9.17, 15) is 22.8 Å². The van der Waals surface area contributed by atoms with Crippen molar-refractivity contribution in [1.82, 2.24) is 20.0 Å². The lowest BCUT2D eigenvalue weighted by Crippen LogP contribution is -2.33. The molecule has 1 aliphatic heterocycles. The number of benzene rings is 4. The first kappa shape index (κ1) is 36.8. The van der Waals surface area contributed by atoms with Gasteiger partial charge in [0.15, 0.2) is 17.4 Å². The van der Waals surface area contributed by atoms with Crippen molar-refractivity contribution in [3.8, 4) is 22.6 Å². The number of methoxy groups -OCH3 is 1. The monoisotopic (exact) mass is 740 g/mol. The van der Waals surface area contributed by atoms with Gasteiger partial charge in [0.25, 0.3) is 5.91 Å². The third kappa shape index (κ3) is 8.02. The quantitative estimate of drug-likeness (QED) is 0.152. The summed E-state index contributed by atoms with van der Waals surface area (Å²) in [4.78, 5) is 27.2. The Bertz CT molecular complexity index is 2190. The lowest BCUT2D eigenvalue weighted by molar-refractivity contribution is 0.0241. The van der Waals surface area contributed by atoms with Gasteiger partial charge in [-0.05, 0) is 111 Å². The molecule has 0 saturated heterocycles. The molecule has 0 unspecified atom stereocenters. The lowest BCUT2D eigenvalue weighted by Gasteiger charge is -2.28. The summed E-state index contributed by atoms with van der Waals surface area (Å²) < 4.78 is 62.5. The highest BCUT2D eigenvalue weighted by molar-refractivity contribution is 5.94. The molecule has 12 heteroatoms. The zero-order valence-electron chi connectivity index (χ0n) is 30.8. The largest absolute Gasteiger partial charge is 0.497 e. The Hall–Kier alpha value is -5.52. The Morgan fingerprint density at radius 2 is 1.57 bits per heavy atom. The Labute approximate surface area is 312 Å². The number of hydrogen-bond donors (Lipinski definition) is 1. The van der Waals surface area contributed by atoms with Crippen LogP contribution >= 0.6 is 0 Å². The molecule has 2 aliphatic rings. The fourth-order valence-corrected chi connectivity index (χ4v) is 7.13. The molecule has 0 bridgehead atoms. The number of amides is 2. The zero-order chi connectivity index (χ0) is 38.1. The average Bonchev–Trinajstić information content (AvgIpc) is 3.79. The van der Waals surface area contributed by atoms with Gasteiger partial charge in [0.1, 0.15) is 18.0 Å². The summed E-state index contributed by atoms with van der Waals surface area (Å²) in [7, 11) is 1.52. The molecule has 1 aliphatic carbocycles. The maximum atomic E-state index is 14.9. The first-order valence-corrected chi connectivity index (χ1v) is 18.2. The van der Waals surface area contributed by atoms with Crippen molar-refractivity contribution in [2.45, 2.75) is 77.8 Å². The number of carbonyl (C=O) groups excluding carboxylic acids is 2. The molecule has 1 aromatic heterocycles. The molecule has 0 atom stereocenters. The maximum absolute atomic E-state index is 14.9. The number of aromatic nitrogens is 2. The van der Waals surface area contributed by atoms with E-state index in [2.05, 4.69) is 47.9 Å². The SMILES string of the molecule is COc1ccc(COc2c(F)cc(C(=O)NC[C@H]3CC[C@H](n4cc5ccc(-c6ccc7c(c6)CN(C(=O)OC(C)(C)C)C7)cc5n4)CC3)c(F)c2F)cc1. The minimum absolute atomic E-state index is 0.123. The second-order valence-corrected chi connectivity index (χ2v) is 15.1. The maximum Gasteiger partial charge on any atom is 0.410 e. The number of hydrogen-bond acceptors (Lipinski definition) is 6. The van der Waals surface area contributed by atoms with Crippen LogP contribution in [0.2, 0.25) is 0 Å². The molecule has 282 valence electrons. The van der Waals surface area contributed by atoms with E-state index in [0.717, 1.165) is 58.8 Å². The number of ether oxygens (including phenoxy) is 3. The Balaban J connectivity index is 0.924. The van der Waals surface area contributed by atoms with Gasteiger partial charge in [-0.15, -0.1) is 0 Å². The van der Waals surface area contributed by atoms with Crippen LogP contribution in [0, 0.1) is 23.4 Å². The van der Waals surface area contributed by atoms with Gasteiger partial charge in [-0.2, -0.15) is 9.49 Å². The van der Waals surface area contributed by atoms with Crippen molar-refractivity contribution >= 4 is 22.9 Å². The van der Waals surface area contributed by atoms with Gasteiger partial charge >= 0.3 is 6.09 Å². The Morgan fingerprint density at radius 1 is 0.870 bits per heavy atom. The molecule has 1 N–H and O–H groups in total. The highest BCUT2D eigenvalue weighted by Crippen LogP contribution is 2.35. The lowest BCUT2D eigenvalue weighted by atomic mass is 9.86. The van der Waals surface area contributed by atoms with E-state index in [-0.39, 0.29) is 31.2 Å². The van der Waals surface area contributed by atoms with Crippen LogP contribution in [0.15, 0.2) is 72.9 Å². The normalized spacial score (nSPS) is 17.0. The van der Waals surface area contributed by atoms with Crippen LogP contribution in [-0.2, 0) is 24.4 Å². The summed E-state index contributed by atoms with van der Waals surface area (Å²) >= 11 is 0. The summed E-state index contributed by atoms with van der Waals surface area (Å²) in [5.74, 6) is -5.20. The van der Waals surface area contributed by atoms with Crippen LogP contribution in [0.25, 0.3) is 22.0 Å². The molecule has 2 heterocycles. The van der Waals surface area contributed by atoms with Gasteiger partial charge in [-0.3, -0.25) is 14.4 Å². The second kappa shape index (κ2) is 15.1. The van der Waals surface area contributed by atoms with Crippen LogP contribution in [0.5, 0.6) is 11.5 Å². The van der Waals surface area contributed by atoms with E-state index in [1.165, 1.54) is 7.11 Å². The summed E-state index contributed by atoms with van der Waals surface area (Å²) in [6.45, 7) is 6.67. The fourth-order valence-electron chi connectivity index (χ4n) is 7.13. The Kier molecular flexibility index (Phi) is 10.3. The molecule has 2 amide bonds. The molecular formula is C42H43F3N4O5. The van der Waals surface area contributed by atoms with Gasteiger partial charge in [-0.25, -0.2) is 13.6 Å². The standard InChI is InChI=1S/C42H43F3N4O5/c1-42(2,3)54-41(51)48-21-29-11-9-27(17-31(29)22-48)28-10-12-30-23-49(47-36(30)18-28)32-13-5-25(6-14-32)20-46-40(50)34-19-35(43)39(38(45)37(34)44)53-24-26-7-15-33(52-4)16-8-26/h7-12,15-19,23,25,32H,5-6,13-14,20-22,24H2,1-4H3,(H,46,50)/t25-,32-. The van der Waals surface area contributed by atoms with Crippen molar-refractivity contribution in [3.63, 3.8) is 0 Å². The van der Waals surface area contributed by atoms with E-state index >= 15 is 0 Å². The molecular weight excluding hydrogens is 697 g/mol. The van der Waals surface area contributed by atoms with Crippen molar-refractivity contribution in [3.05, 3.63) is 113 Å².